The number of oxazole rings is 1. The second kappa shape index (κ2) is 6.58. The van der Waals surface area contributed by atoms with Gasteiger partial charge in [0.15, 0.2) is 0 Å². The van der Waals surface area contributed by atoms with Crippen molar-refractivity contribution in [1.29, 1.82) is 0 Å². The summed E-state index contributed by atoms with van der Waals surface area (Å²) < 4.78 is 5.48. The van der Waals surface area contributed by atoms with Crippen LogP contribution in [0.25, 0.3) is 0 Å². The van der Waals surface area contributed by atoms with E-state index in [1.54, 1.807) is 6.20 Å². The molecule has 15 heavy (non-hydrogen) atoms. The number of nitrogens with zero attached hydrogens (tertiary/aromatic N) is 2. The van der Waals surface area contributed by atoms with E-state index in [2.05, 4.69) is 36.2 Å². The molecule has 1 heterocycles. The first-order valence-electron chi connectivity index (χ1n) is 5.51. The van der Waals surface area contributed by atoms with Crippen molar-refractivity contribution in [1.82, 2.24) is 15.2 Å². The fourth-order valence-corrected chi connectivity index (χ4v) is 1.31. The highest BCUT2D eigenvalue weighted by molar-refractivity contribution is 4.93. The van der Waals surface area contributed by atoms with Gasteiger partial charge in [-0.15, -0.1) is 0 Å². The summed E-state index contributed by atoms with van der Waals surface area (Å²) in [6.45, 7) is 4.91. The minimum atomic E-state index is 0.730. The van der Waals surface area contributed by atoms with Crippen LogP contribution in [-0.2, 0) is 13.0 Å². The zero-order chi connectivity index (χ0) is 11.1. The lowest BCUT2D eigenvalue weighted by atomic mass is 10.4. The van der Waals surface area contributed by atoms with E-state index in [0.29, 0.717) is 0 Å². The molecule has 0 saturated heterocycles. The Labute approximate surface area is 91.7 Å². The van der Waals surface area contributed by atoms with Crippen molar-refractivity contribution in [3.63, 3.8) is 0 Å². The molecule has 1 N–H and O–H groups in total. The summed E-state index contributed by atoms with van der Waals surface area (Å²) in [5, 5.41) is 3.31. The van der Waals surface area contributed by atoms with Crippen LogP contribution in [0.3, 0.4) is 0 Å². The van der Waals surface area contributed by atoms with Gasteiger partial charge in [-0.3, -0.25) is 0 Å². The summed E-state index contributed by atoms with van der Waals surface area (Å²) in [5.74, 6) is 1.75. The monoisotopic (exact) mass is 211 g/mol. The van der Waals surface area contributed by atoms with Crippen molar-refractivity contribution < 1.29 is 4.42 Å². The molecule has 0 aliphatic rings. The maximum atomic E-state index is 5.48. The molecule has 1 rings (SSSR count). The molecule has 0 amide bonds. The quantitative estimate of drug-likeness (QED) is 0.690. The lowest BCUT2D eigenvalue weighted by Gasteiger charge is -2.08. The van der Waals surface area contributed by atoms with E-state index in [1.165, 1.54) is 0 Å². The number of hydrogen-bond acceptors (Lipinski definition) is 4. The molecule has 4 nitrogen and oxygen atoms in total. The van der Waals surface area contributed by atoms with Crippen molar-refractivity contribution in [2.75, 3.05) is 27.2 Å². The van der Waals surface area contributed by atoms with Crippen LogP contribution in [0.1, 0.15) is 25.0 Å². The highest BCUT2D eigenvalue weighted by Gasteiger charge is 2.00. The molecule has 1 aromatic rings. The zero-order valence-electron chi connectivity index (χ0n) is 9.92. The van der Waals surface area contributed by atoms with E-state index < -0.39 is 0 Å². The Kier molecular flexibility index (Phi) is 5.36. The summed E-state index contributed by atoms with van der Waals surface area (Å²) in [7, 11) is 4.17. The molecule has 0 spiro atoms. The fraction of sp³-hybridized carbons (Fsp3) is 0.727. The zero-order valence-corrected chi connectivity index (χ0v) is 9.92. The van der Waals surface area contributed by atoms with Crippen LogP contribution >= 0.6 is 0 Å². The average molecular weight is 211 g/mol. The molecule has 0 saturated carbocycles. The van der Waals surface area contributed by atoms with Crippen LogP contribution in [0, 0.1) is 0 Å². The van der Waals surface area contributed by atoms with Gasteiger partial charge in [0, 0.05) is 6.42 Å². The Morgan fingerprint density at radius 2 is 2.27 bits per heavy atom. The van der Waals surface area contributed by atoms with Crippen LogP contribution in [0.5, 0.6) is 0 Å². The van der Waals surface area contributed by atoms with Crippen LogP contribution < -0.4 is 5.32 Å². The Hall–Kier alpha value is -0.870. The predicted molar refractivity (Wildman–Crippen MR) is 60.8 cm³/mol. The summed E-state index contributed by atoms with van der Waals surface area (Å²) >= 11 is 0. The molecular formula is C11H21N3O. The van der Waals surface area contributed by atoms with Gasteiger partial charge >= 0.3 is 0 Å². The largest absolute Gasteiger partial charge is 0.444 e. The van der Waals surface area contributed by atoms with E-state index in [4.69, 9.17) is 4.42 Å². The molecule has 0 unspecified atom stereocenters. The maximum absolute atomic E-state index is 5.48. The third-order valence-corrected chi connectivity index (χ3v) is 2.19. The first kappa shape index (κ1) is 12.2. The van der Waals surface area contributed by atoms with Crippen molar-refractivity contribution in [3.8, 4) is 0 Å². The van der Waals surface area contributed by atoms with Gasteiger partial charge in [-0.1, -0.05) is 6.92 Å². The van der Waals surface area contributed by atoms with Gasteiger partial charge in [-0.25, -0.2) is 4.98 Å². The molecule has 0 radical (unpaired) electrons. The summed E-state index contributed by atoms with van der Waals surface area (Å²) in [5.41, 5.74) is 0. The summed E-state index contributed by atoms with van der Waals surface area (Å²) in [6, 6.07) is 0. The second-order valence-corrected chi connectivity index (χ2v) is 3.91. The molecule has 4 heteroatoms. The second-order valence-electron chi connectivity index (χ2n) is 3.91. The highest BCUT2D eigenvalue weighted by atomic mass is 16.4. The minimum Gasteiger partial charge on any atom is -0.444 e. The van der Waals surface area contributed by atoms with Gasteiger partial charge in [0.1, 0.15) is 5.76 Å². The first-order chi connectivity index (χ1) is 7.22. The van der Waals surface area contributed by atoms with E-state index in [9.17, 15) is 0 Å². The normalized spacial score (nSPS) is 11.2. The molecule has 1 aromatic heterocycles. The third kappa shape index (κ3) is 4.95. The molecule has 86 valence electrons. The molecule has 0 atom stereocenters. The fourth-order valence-electron chi connectivity index (χ4n) is 1.31. The van der Waals surface area contributed by atoms with Gasteiger partial charge in [0.2, 0.25) is 5.89 Å². The van der Waals surface area contributed by atoms with Gasteiger partial charge in [-0.2, -0.15) is 0 Å². The predicted octanol–water partition coefficient (Wildman–Crippen LogP) is 1.28. The van der Waals surface area contributed by atoms with Gasteiger partial charge in [0.25, 0.3) is 0 Å². The van der Waals surface area contributed by atoms with Crippen LogP contribution in [-0.4, -0.2) is 37.1 Å². The van der Waals surface area contributed by atoms with Crippen molar-refractivity contribution in [2.24, 2.45) is 0 Å². The lowest BCUT2D eigenvalue weighted by Crippen LogP contribution is -2.21. The Bertz CT molecular complexity index is 271. The van der Waals surface area contributed by atoms with Crippen LogP contribution in [0.2, 0.25) is 0 Å². The topological polar surface area (TPSA) is 41.3 Å². The summed E-state index contributed by atoms with van der Waals surface area (Å²) in [6.07, 6.45) is 3.86. The first-order valence-corrected chi connectivity index (χ1v) is 5.51. The van der Waals surface area contributed by atoms with Crippen LogP contribution in [0.15, 0.2) is 10.6 Å². The molecule has 0 fully saturated rings. The average Bonchev–Trinajstić information content (AvgIpc) is 2.65. The van der Waals surface area contributed by atoms with E-state index >= 15 is 0 Å². The van der Waals surface area contributed by atoms with Crippen molar-refractivity contribution >= 4 is 0 Å². The number of aromatic nitrogens is 1. The SMILES string of the molecule is CCc1cnc(CNCCCN(C)C)o1. The van der Waals surface area contributed by atoms with Gasteiger partial charge in [0.05, 0.1) is 12.7 Å². The summed E-state index contributed by atoms with van der Waals surface area (Å²) in [4.78, 5) is 6.36. The van der Waals surface area contributed by atoms with E-state index in [1.807, 2.05) is 0 Å². The van der Waals surface area contributed by atoms with Gasteiger partial charge in [-0.05, 0) is 33.6 Å². The lowest BCUT2D eigenvalue weighted by molar-refractivity contribution is 0.387. The van der Waals surface area contributed by atoms with Gasteiger partial charge < -0.3 is 14.6 Å². The third-order valence-electron chi connectivity index (χ3n) is 2.19. The standard InChI is InChI=1S/C11H21N3O/c1-4-10-8-13-11(15-10)9-12-6-5-7-14(2)3/h8,12H,4-7,9H2,1-3H3. The Balaban J connectivity index is 2.09. The smallest absolute Gasteiger partial charge is 0.208 e. The van der Waals surface area contributed by atoms with E-state index in [0.717, 1.165) is 44.1 Å². The van der Waals surface area contributed by atoms with Crippen molar-refractivity contribution in [3.05, 3.63) is 17.8 Å². The van der Waals surface area contributed by atoms with Crippen LogP contribution in [0.4, 0.5) is 0 Å². The highest BCUT2D eigenvalue weighted by Crippen LogP contribution is 2.03. The van der Waals surface area contributed by atoms with Crippen molar-refractivity contribution in [2.45, 2.75) is 26.3 Å². The molecule has 0 aliphatic heterocycles. The Morgan fingerprint density at radius 3 is 2.87 bits per heavy atom. The van der Waals surface area contributed by atoms with E-state index in [-0.39, 0.29) is 0 Å². The minimum absolute atomic E-state index is 0.730. The molecule has 0 bridgehead atoms. The molecule has 0 aromatic carbocycles. The number of hydrogen-bond donors (Lipinski definition) is 1. The maximum Gasteiger partial charge on any atom is 0.208 e. The molecular weight excluding hydrogens is 190 g/mol. The molecule has 0 aliphatic carbocycles. The number of nitrogens with one attached hydrogen (secondary N) is 1. The Morgan fingerprint density at radius 1 is 1.47 bits per heavy atom. The number of rotatable bonds is 7. The number of aryl methyl sites for hydroxylation is 1.